The summed E-state index contributed by atoms with van der Waals surface area (Å²) in [7, 11) is 0. The first-order valence-corrected chi connectivity index (χ1v) is 5.61. The molecule has 0 spiro atoms. The number of benzene rings is 1. The number of halogens is 1. The lowest BCUT2D eigenvalue weighted by Gasteiger charge is -2.16. The highest BCUT2D eigenvalue weighted by Gasteiger charge is 2.16. The van der Waals surface area contributed by atoms with Crippen LogP contribution in [0.15, 0.2) is 12.1 Å². The summed E-state index contributed by atoms with van der Waals surface area (Å²) in [4.78, 5) is 0. The van der Waals surface area contributed by atoms with Crippen LogP contribution in [0.25, 0.3) is 0 Å². The van der Waals surface area contributed by atoms with E-state index in [1.807, 2.05) is 13.0 Å². The first-order valence-electron chi connectivity index (χ1n) is 5.24. The molecule has 0 aliphatic carbocycles. The van der Waals surface area contributed by atoms with E-state index in [-0.39, 0.29) is 5.92 Å². The van der Waals surface area contributed by atoms with Crippen molar-refractivity contribution in [3.8, 4) is 12.1 Å². The van der Waals surface area contributed by atoms with Gasteiger partial charge in [-0.05, 0) is 29.5 Å². The Bertz CT molecular complexity index is 466. The summed E-state index contributed by atoms with van der Waals surface area (Å²) in [6, 6.07) is 7.79. The molecule has 16 heavy (non-hydrogen) atoms. The average molecular weight is 233 g/mol. The van der Waals surface area contributed by atoms with Crippen LogP contribution in [0.2, 0.25) is 5.02 Å². The molecule has 1 atom stereocenters. The minimum absolute atomic E-state index is 0.247. The van der Waals surface area contributed by atoms with E-state index in [4.69, 9.17) is 22.1 Å². The Kier molecular flexibility index (Phi) is 4.35. The van der Waals surface area contributed by atoms with Gasteiger partial charge >= 0.3 is 0 Å². The summed E-state index contributed by atoms with van der Waals surface area (Å²) in [6.45, 7) is 4.11. The van der Waals surface area contributed by atoms with Crippen LogP contribution in [0.4, 0.5) is 0 Å². The molecule has 1 aromatic carbocycles. The molecule has 0 aliphatic rings. The Morgan fingerprint density at radius 1 is 1.38 bits per heavy atom. The van der Waals surface area contributed by atoms with Gasteiger partial charge in [0.1, 0.15) is 6.07 Å². The minimum atomic E-state index is 0.247. The summed E-state index contributed by atoms with van der Waals surface area (Å²) >= 11 is 6.00. The predicted molar refractivity (Wildman–Crippen MR) is 64.2 cm³/mol. The summed E-state index contributed by atoms with van der Waals surface area (Å²) in [5.41, 5.74) is 2.36. The van der Waals surface area contributed by atoms with E-state index in [0.717, 1.165) is 17.5 Å². The topological polar surface area (TPSA) is 47.6 Å². The molecule has 1 unspecified atom stereocenters. The van der Waals surface area contributed by atoms with Crippen molar-refractivity contribution >= 4 is 11.6 Å². The van der Waals surface area contributed by atoms with Gasteiger partial charge in [-0.25, -0.2) is 0 Å². The second kappa shape index (κ2) is 5.54. The Balaban J connectivity index is 3.43. The molecule has 0 saturated carbocycles. The maximum Gasteiger partial charge on any atom is 0.101 e. The highest BCUT2D eigenvalue weighted by Crippen LogP contribution is 2.31. The molecule has 1 aromatic rings. The lowest BCUT2D eigenvalue weighted by atomic mass is 9.88. The van der Waals surface area contributed by atoms with Crippen molar-refractivity contribution in [2.75, 3.05) is 0 Å². The van der Waals surface area contributed by atoms with Crippen LogP contribution in [0.5, 0.6) is 0 Å². The van der Waals surface area contributed by atoms with Gasteiger partial charge < -0.3 is 0 Å². The molecule has 2 nitrogen and oxygen atoms in total. The zero-order valence-electron chi connectivity index (χ0n) is 9.42. The molecule has 0 amide bonds. The van der Waals surface area contributed by atoms with Crippen LogP contribution in [-0.2, 0) is 6.42 Å². The fourth-order valence-electron chi connectivity index (χ4n) is 1.76. The Labute approximate surface area is 101 Å². The van der Waals surface area contributed by atoms with Crippen molar-refractivity contribution < 1.29 is 0 Å². The van der Waals surface area contributed by atoms with Gasteiger partial charge in [-0.15, -0.1) is 0 Å². The molecule has 1 rings (SSSR count). The van der Waals surface area contributed by atoms with Crippen molar-refractivity contribution in [2.24, 2.45) is 0 Å². The van der Waals surface area contributed by atoms with Crippen LogP contribution in [0.1, 0.15) is 42.9 Å². The molecule has 0 N–H and O–H groups in total. The van der Waals surface area contributed by atoms with Gasteiger partial charge in [0.05, 0.1) is 23.1 Å². The van der Waals surface area contributed by atoms with Crippen molar-refractivity contribution in [1.29, 1.82) is 10.5 Å². The monoisotopic (exact) mass is 232 g/mol. The molecule has 0 radical (unpaired) electrons. The Hall–Kier alpha value is -1.51. The number of rotatable bonds is 3. The summed E-state index contributed by atoms with van der Waals surface area (Å²) in [6.07, 6.45) is 1.25. The van der Waals surface area contributed by atoms with Gasteiger partial charge in [0.15, 0.2) is 0 Å². The number of nitriles is 2. The first kappa shape index (κ1) is 12.6. The van der Waals surface area contributed by atoms with Gasteiger partial charge in [-0.1, -0.05) is 31.5 Å². The van der Waals surface area contributed by atoms with Gasteiger partial charge in [0, 0.05) is 0 Å². The van der Waals surface area contributed by atoms with Crippen LogP contribution in [0.3, 0.4) is 0 Å². The second-order valence-corrected chi connectivity index (χ2v) is 4.16. The third-order valence-corrected chi connectivity index (χ3v) is 3.09. The third-order valence-electron chi connectivity index (χ3n) is 2.77. The average Bonchev–Trinajstić information content (AvgIpc) is 2.30. The van der Waals surface area contributed by atoms with Gasteiger partial charge in [0.2, 0.25) is 0 Å². The predicted octanol–water partition coefficient (Wildman–Crippen LogP) is 3.79. The molecular formula is C13H13ClN2. The highest BCUT2D eigenvalue weighted by molar-refractivity contribution is 6.31. The van der Waals surface area contributed by atoms with E-state index >= 15 is 0 Å². The molecular weight excluding hydrogens is 220 g/mol. The van der Waals surface area contributed by atoms with Crippen molar-refractivity contribution in [1.82, 2.24) is 0 Å². The molecule has 0 aromatic heterocycles. The van der Waals surface area contributed by atoms with E-state index in [1.54, 1.807) is 6.07 Å². The fraction of sp³-hybridized carbons (Fsp3) is 0.385. The maximum atomic E-state index is 9.12. The first-order chi connectivity index (χ1) is 7.65. The number of hydrogen-bond donors (Lipinski definition) is 0. The SMILES string of the molecule is CCC(C)c1c(CC#N)ccc(Cl)c1C#N. The van der Waals surface area contributed by atoms with Crippen LogP contribution < -0.4 is 0 Å². The van der Waals surface area contributed by atoms with E-state index in [1.165, 1.54) is 0 Å². The quantitative estimate of drug-likeness (QED) is 0.796. The zero-order valence-corrected chi connectivity index (χ0v) is 10.2. The second-order valence-electron chi connectivity index (χ2n) is 3.75. The maximum absolute atomic E-state index is 9.12. The van der Waals surface area contributed by atoms with E-state index in [9.17, 15) is 0 Å². The molecule has 0 heterocycles. The fourth-order valence-corrected chi connectivity index (χ4v) is 1.96. The van der Waals surface area contributed by atoms with Crippen LogP contribution in [0, 0.1) is 22.7 Å². The molecule has 0 aliphatic heterocycles. The van der Waals surface area contributed by atoms with Crippen molar-refractivity contribution in [3.63, 3.8) is 0 Å². The molecule has 0 fully saturated rings. The largest absolute Gasteiger partial charge is 0.198 e. The zero-order chi connectivity index (χ0) is 12.1. The van der Waals surface area contributed by atoms with E-state index < -0.39 is 0 Å². The standard InChI is InChI=1S/C13H13ClN2/c1-3-9(2)13-10(6-7-15)4-5-12(14)11(13)8-16/h4-5,9H,3,6H2,1-2H3. The van der Waals surface area contributed by atoms with Gasteiger partial charge in [-0.3, -0.25) is 0 Å². The molecule has 3 heteroatoms. The molecule has 82 valence electrons. The van der Waals surface area contributed by atoms with E-state index in [2.05, 4.69) is 19.1 Å². The summed E-state index contributed by atoms with van der Waals surface area (Å²) in [5, 5.41) is 18.4. The lowest BCUT2D eigenvalue weighted by molar-refractivity contribution is 0.724. The Morgan fingerprint density at radius 2 is 2.06 bits per heavy atom. The van der Waals surface area contributed by atoms with Crippen LogP contribution in [-0.4, -0.2) is 0 Å². The Morgan fingerprint density at radius 3 is 2.56 bits per heavy atom. The third kappa shape index (κ3) is 2.35. The number of hydrogen-bond acceptors (Lipinski definition) is 2. The summed E-state index contributed by atoms with van der Waals surface area (Å²) < 4.78 is 0. The highest BCUT2D eigenvalue weighted by atomic mass is 35.5. The summed E-state index contributed by atoms with van der Waals surface area (Å²) in [5.74, 6) is 0.247. The van der Waals surface area contributed by atoms with Crippen LogP contribution >= 0.6 is 11.6 Å². The van der Waals surface area contributed by atoms with Gasteiger partial charge in [-0.2, -0.15) is 10.5 Å². The lowest BCUT2D eigenvalue weighted by Crippen LogP contribution is -2.02. The smallest absolute Gasteiger partial charge is 0.101 e. The molecule has 0 saturated heterocycles. The van der Waals surface area contributed by atoms with E-state index in [0.29, 0.717) is 17.0 Å². The normalized spacial score (nSPS) is 11.6. The molecule has 0 bridgehead atoms. The van der Waals surface area contributed by atoms with Gasteiger partial charge in [0.25, 0.3) is 0 Å². The minimum Gasteiger partial charge on any atom is -0.198 e. The number of nitrogens with zero attached hydrogens (tertiary/aromatic N) is 2. The van der Waals surface area contributed by atoms with Crippen molar-refractivity contribution in [3.05, 3.63) is 33.8 Å². The van der Waals surface area contributed by atoms with Crippen molar-refractivity contribution in [2.45, 2.75) is 32.6 Å².